The lowest BCUT2D eigenvalue weighted by atomic mass is 10.2. The van der Waals surface area contributed by atoms with Crippen molar-refractivity contribution in [2.75, 3.05) is 0 Å². The molecule has 0 radical (unpaired) electrons. The van der Waals surface area contributed by atoms with Crippen LogP contribution in [0.5, 0.6) is 0 Å². The van der Waals surface area contributed by atoms with Crippen LogP contribution in [0, 0.1) is 0 Å². The second-order valence-electron chi connectivity index (χ2n) is 3.09. The number of nitrogens with one attached hydrogen (secondary N) is 1. The minimum atomic E-state index is 0. The fourth-order valence-corrected chi connectivity index (χ4v) is 1.30. The van der Waals surface area contributed by atoms with Crippen LogP contribution in [0.1, 0.15) is 27.2 Å². The van der Waals surface area contributed by atoms with E-state index in [1.165, 1.54) is 0 Å². The van der Waals surface area contributed by atoms with E-state index in [0.29, 0.717) is 18.5 Å². The van der Waals surface area contributed by atoms with Crippen LogP contribution in [0.2, 0.25) is 0 Å². The first-order valence-electron chi connectivity index (χ1n) is 3.69. The minimum Gasteiger partial charge on any atom is -0.288 e. The predicted octanol–water partition coefficient (Wildman–Crippen LogP) is 0.942. The number of hydrogen-bond donors (Lipinski definition) is 1. The van der Waals surface area contributed by atoms with Crippen molar-refractivity contribution in [2.24, 2.45) is 0 Å². The van der Waals surface area contributed by atoms with Crippen LogP contribution in [-0.4, -0.2) is 23.0 Å². The standard InChI is InChI=1S/C7H14N2O.ClH/c1-5(2)9-6(3)4-7(10)8-9;/h5-6H,4H2,1-3H3,(H,8,10);1H. The zero-order chi connectivity index (χ0) is 7.72. The fraction of sp³-hybridized carbons (Fsp3) is 0.857. The number of hydrazine groups is 1. The summed E-state index contributed by atoms with van der Waals surface area (Å²) in [5, 5.41) is 1.99. The quantitative estimate of drug-likeness (QED) is 0.649. The first-order chi connectivity index (χ1) is 4.61. The summed E-state index contributed by atoms with van der Waals surface area (Å²) in [7, 11) is 0. The third-order valence-electron chi connectivity index (χ3n) is 1.77. The van der Waals surface area contributed by atoms with Gasteiger partial charge in [0.2, 0.25) is 5.91 Å². The topological polar surface area (TPSA) is 32.3 Å². The largest absolute Gasteiger partial charge is 0.288 e. The number of halogens is 1. The smallest absolute Gasteiger partial charge is 0.235 e. The summed E-state index contributed by atoms with van der Waals surface area (Å²) in [6.07, 6.45) is 0.637. The summed E-state index contributed by atoms with van der Waals surface area (Å²) in [6, 6.07) is 0.758. The number of carbonyl (C=O) groups is 1. The van der Waals surface area contributed by atoms with Gasteiger partial charge in [0.25, 0.3) is 0 Å². The summed E-state index contributed by atoms with van der Waals surface area (Å²) >= 11 is 0. The Bertz CT molecular complexity index is 149. The average molecular weight is 179 g/mol. The van der Waals surface area contributed by atoms with Gasteiger partial charge in [0.05, 0.1) is 0 Å². The molecule has 0 bridgehead atoms. The van der Waals surface area contributed by atoms with Crippen molar-refractivity contribution in [2.45, 2.75) is 39.3 Å². The van der Waals surface area contributed by atoms with E-state index in [4.69, 9.17) is 0 Å². The zero-order valence-electron chi connectivity index (χ0n) is 7.13. The van der Waals surface area contributed by atoms with Crippen LogP contribution >= 0.6 is 12.4 Å². The summed E-state index contributed by atoms with van der Waals surface area (Å²) in [5.74, 6) is 0.140. The summed E-state index contributed by atoms with van der Waals surface area (Å²) in [4.78, 5) is 10.8. The summed E-state index contributed by atoms with van der Waals surface area (Å²) in [5.41, 5.74) is 2.80. The SMILES string of the molecule is CC(C)N1NC(=O)CC1C.Cl. The second-order valence-corrected chi connectivity index (χ2v) is 3.09. The summed E-state index contributed by atoms with van der Waals surface area (Å²) < 4.78 is 0. The molecule has 11 heavy (non-hydrogen) atoms. The number of carbonyl (C=O) groups excluding carboxylic acids is 1. The Kier molecular flexibility index (Phi) is 3.83. The van der Waals surface area contributed by atoms with E-state index in [2.05, 4.69) is 26.2 Å². The molecular formula is C7H15ClN2O. The van der Waals surface area contributed by atoms with E-state index >= 15 is 0 Å². The van der Waals surface area contributed by atoms with Gasteiger partial charge in [-0.1, -0.05) is 0 Å². The van der Waals surface area contributed by atoms with Crippen LogP contribution in [-0.2, 0) is 4.79 Å². The van der Waals surface area contributed by atoms with E-state index < -0.39 is 0 Å². The van der Waals surface area contributed by atoms with E-state index in [1.54, 1.807) is 0 Å². The fourth-order valence-electron chi connectivity index (χ4n) is 1.30. The molecule has 1 aliphatic rings. The maximum Gasteiger partial charge on any atom is 0.235 e. The molecule has 1 amide bonds. The maximum absolute atomic E-state index is 10.8. The predicted molar refractivity (Wildman–Crippen MR) is 46.4 cm³/mol. The highest BCUT2D eigenvalue weighted by atomic mass is 35.5. The van der Waals surface area contributed by atoms with Gasteiger partial charge in [-0.2, -0.15) is 0 Å². The monoisotopic (exact) mass is 178 g/mol. The number of rotatable bonds is 1. The normalized spacial score (nSPS) is 25.1. The molecule has 3 nitrogen and oxygen atoms in total. The third kappa shape index (κ3) is 2.34. The van der Waals surface area contributed by atoms with Gasteiger partial charge >= 0.3 is 0 Å². The lowest BCUT2D eigenvalue weighted by molar-refractivity contribution is -0.121. The van der Waals surface area contributed by atoms with Gasteiger partial charge in [0.1, 0.15) is 0 Å². The zero-order valence-corrected chi connectivity index (χ0v) is 7.94. The van der Waals surface area contributed by atoms with Crippen LogP contribution in [0.3, 0.4) is 0 Å². The Morgan fingerprint density at radius 3 is 2.36 bits per heavy atom. The van der Waals surface area contributed by atoms with E-state index in [0.717, 1.165) is 0 Å². The van der Waals surface area contributed by atoms with Crippen molar-refractivity contribution in [3.8, 4) is 0 Å². The molecule has 0 spiro atoms. The molecule has 0 aliphatic carbocycles. The Morgan fingerprint density at radius 2 is 2.18 bits per heavy atom. The molecule has 1 unspecified atom stereocenters. The van der Waals surface area contributed by atoms with Gasteiger partial charge in [0, 0.05) is 18.5 Å². The number of amides is 1. The molecule has 1 rings (SSSR count). The Labute approximate surface area is 73.5 Å². The first kappa shape index (κ1) is 10.7. The maximum atomic E-state index is 10.8. The number of nitrogens with zero attached hydrogens (tertiary/aromatic N) is 1. The lowest BCUT2D eigenvalue weighted by Crippen LogP contribution is -2.42. The highest BCUT2D eigenvalue weighted by molar-refractivity contribution is 5.85. The van der Waals surface area contributed by atoms with E-state index in [9.17, 15) is 4.79 Å². The summed E-state index contributed by atoms with van der Waals surface area (Å²) in [6.45, 7) is 6.20. The van der Waals surface area contributed by atoms with Gasteiger partial charge in [-0.3, -0.25) is 10.2 Å². The Balaban J connectivity index is 0.000001000. The molecule has 4 heteroatoms. The van der Waals surface area contributed by atoms with Gasteiger partial charge in [-0.25, -0.2) is 5.01 Å². The molecule has 0 aromatic carbocycles. The molecule has 0 aromatic heterocycles. The van der Waals surface area contributed by atoms with Gasteiger partial charge < -0.3 is 0 Å². The van der Waals surface area contributed by atoms with Crippen LogP contribution < -0.4 is 5.43 Å². The molecule has 1 saturated heterocycles. The molecule has 66 valence electrons. The van der Waals surface area contributed by atoms with Gasteiger partial charge in [-0.15, -0.1) is 12.4 Å². The van der Waals surface area contributed by atoms with Crippen molar-refractivity contribution in [1.29, 1.82) is 0 Å². The third-order valence-corrected chi connectivity index (χ3v) is 1.77. The lowest BCUT2D eigenvalue weighted by Gasteiger charge is -2.23. The Morgan fingerprint density at radius 1 is 1.64 bits per heavy atom. The first-order valence-corrected chi connectivity index (χ1v) is 3.69. The second kappa shape index (κ2) is 3.93. The van der Waals surface area contributed by atoms with Crippen molar-refractivity contribution in [3.05, 3.63) is 0 Å². The van der Waals surface area contributed by atoms with Crippen molar-refractivity contribution in [3.63, 3.8) is 0 Å². The van der Waals surface area contributed by atoms with Gasteiger partial charge in [-0.05, 0) is 20.8 Å². The van der Waals surface area contributed by atoms with Crippen LogP contribution in [0.4, 0.5) is 0 Å². The van der Waals surface area contributed by atoms with Crippen LogP contribution in [0.25, 0.3) is 0 Å². The average Bonchev–Trinajstić information content (AvgIpc) is 2.10. The van der Waals surface area contributed by atoms with Gasteiger partial charge in [0.15, 0.2) is 0 Å². The molecule has 0 aromatic rings. The molecule has 1 heterocycles. The molecule has 1 aliphatic heterocycles. The number of hydrogen-bond acceptors (Lipinski definition) is 2. The Hall–Kier alpha value is -0.280. The van der Waals surface area contributed by atoms with Crippen molar-refractivity contribution >= 4 is 18.3 Å². The van der Waals surface area contributed by atoms with Crippen molar-refractivity contribution in [1.82, 2.24) is 10.4 Å². The molecular weight excluding hydrogens is 164 g/mol. The molecule has 1 N–H and O–H groups in total. The highest BCUT2D eigenvalue weighted by Gasteiger charge is 2.27. The molecule has 1 fully saturated rings. The van der Waals surface area contributed by atoms with E-state index in [1.807, 2.05) is 5.01 Å². The highest BCUT2D eigenvalue weighted by Crippen LogP contribution is 2.11. The van der Waals surface area contributed by atoms with Crippen LogP contribution in [0.15, 0.2) is 0 Å². The van der Waals surface area contributed by atoms with E-state index in [-0.39, 0.29) is 18.3 Å². The van der Waals surface area contributed by atoms with Crippen molar-refractivity contribution < 1.29 is 4.79 Å². The minimum absolute atomic E-state index is 0. The molecule has 1 atom stereocenters. The molecule has 0 saturated carbocycles.